The van der Waals surface area contributed by atoms with Crippen LogP contribution in [0.15, 0.2) is 97.1 Å². The standard InChI is InChI=1S/C38H40N2O8/c1-3-4-5-8-23-47-34-10-7-6-9-33(34)38(45)48-32-21-13-28(14-22-32)25-40(26-36(42)43)37(44)29-15-17-30(18-16-29)39-35(41)24-27-11-19-31(46-2)20-12-27/h6-7,9-22H,3-5,8,23-26H2,1-2H3,(H,39,41)(H,42,43). The summed E-state index contributed by atoms with van der Waals surface area (Å²) in [7, 11) is 1.57. The van der Waals surface area contributed by atoms with Gasteiger partial charge in [-0.2, -0.15) is 0 Å². The Bertz CT molecular complexity index is 1670. The lowest BCUT2D eigenvalue weighted by Crippen LogP contribution is -2.35. The number of hydrogen-bond donors (Lipinski definition) is 2. The van der Waals surface area contributed by atoms with Crippen LogP contribution < -0.4 is 19.5 Å². The van der Waals surface area contributed by atoms with Crippen molar-refractivity contribution in [3.05, 3.63) is 119 Å². The van der Waals surface area contributed by atoms with E-state index in [2.05, 4.69) is 12.2 Å². The van der Waals surface area contributed by atoms with Crippen LogP contribution >= 0.6 is 0 Å². The molecule has 0 spiro atoms. The highest BCUT2D eigenvalue weighted by Gasteiger charge is 2.20. The monoisotopic (exact) mass is 652 g/mol. The molecule has 4 rings (SSSR count). The number of carbonyl (C=O) groups excluding carboxylic acids is 3. The van der Waals surface area contributed by atoms with Crippen LogP contribution in [0.2, 0.25) is 0 Å². The maximum Gasteiger partial charge on any atom is 0.347 e. The van der Waals surface area contributed by atoms with E-state index in [1.165, 1.54) is 17.0 Å². The highest BCUT2D eigenvalue weighted by molar-refractivity contribution is 5.97. The van der Waals surface area contributed by atoms with Crippen molar-refractivity contribution in [3.8, 4) is 17.2 Å². The number of carbonyl (C=O) groups is 4. The minimum atomic E-state index is -1.16. The molecule has 48 heavy (non-hydrogen) atoms. The van der Waals surface area contributed by atoms with Crippen molar-refractivity contribution < 1.29 is 38.5 Å². The van der Waals surface area contributed by atoms with Gasteiger partial charge in [0.25, 0.3) is 5.91 Å². The second-order valence-corrected chi connectivity index (χ2v) is 11.1. The summed E-state index contributed by atoms with van der Waals surface area (Å²) in [4.78, 5) is 51.6. The summed E-state index contributed by atoms with van der Waals surface area (Å²) in [6, 6.07) is 26.9. The van der Waals surface area contributed by atoms with Crippen LogP contribution in [0.5, 0.6) is 17.2 Å². The lowest BCUT2D eigenvalue weighted by molar-refractivity contribution is -0.137. The third-order valence-electron chi connectivity index (χ3n) is 7.42. The number of amides is 2. The first-order valence-corrected chi connectivity index (χ1v) is 15.8. The van der Waals surface area contributed by atoms with Crippen molar-refractivity contribution >= 4 is 29.4 Å². The smallest absolute Gasteiger partial charge is 0.347 e. The minimum Gasteiger partial charge on any atom is -0.497 e. The van der Waals surface area contributed by atoms with E-state index in [4.69, 9.17) is 14.2 Å². The maximum absolute atomic E-state index is 13.3. The van der Waals surface area contributed by atoms with E-state index in [-0.39, 0.29) is 24.4 Å². The molecular formula is C38H40N2O8. The number of aliphatic carboxylic acids is 1. The normalized spacial score (nSPS) is 10.5. The molecule has 0 fully saturated rings. The number of anilines is 1. The Balaban J connectivity index is 1.34. The molecule has 4 aromatic rings. The zero-order valence-electron chi connectivity index (χ0n) is 27.1. The minimum absolute atomic E-state index is 0.00835. The molecule has 0 saturated carbocycles. The van der Waals surface area contributed by atoms with Crippen LogP contribution in [0.1, 0.15) is 64.4 Å². The number of unbranched alkanes of at least 4 members (excludes halogenated alkanes) is 3. The molecule has 0 radical (unpaired) electrons. The van der Waals surface area contributed by atoms with Gasteiger partial charge < -0.3 is 29.5 Å². The van der Waals surface area contributed by atoms with E-state index in [1.807, 2.05) is 12.1 Å². The maximum atomic E-state index is 13.3. The third-order valence-corrected chi connectivity index (χ3v) is 7.42. The molecule has 0 aromatic heterocycles. The number of carboxylic acid groups (broad SMARTS) is 1. The van der Waals surface area contributed by atoms with E-state index in [1.54, 1.807) is 79.9 Å². The molecule has 4 aromatic carbocycles. The molecule has 2 amide bonds. The van der Waals surface area contributed by atoms with Gasteiger partial charge in [0.05, 0.1) is 20.1 Å². The number of esters is 1. The van der Waals surface area contributed by atoms with Crippen LogP contribution in [0.3, 0.4) is 0 Å². The van der Waals surface area contributed by atoms with Gasteiger partial charge in [0.2, 0.25) is 5.91 Å². The number of nitrogens with one attached hydrogen (secondary N) is 1. The van der Waals surface area contributed by atoms with E-state index in [9.17, 15) is 24.3 Å². The zero-order valence-corrected chi connectivity index (χ0v) is 27.1. The van der Waals surface area contributed by atoms with Gasteiger partial charge in [-0.1, -0.05) is 62.6 Å². The summed E-state index contributed by atoms with van der Waals surface area (Å²) in [5, 5.41) is 12.3. The predicted octanol–water partition coefficient (Wildman–Crippen LogP) is 6.78. The lowest BCUT2D eigenvalue weighted by Gasteiger charge is -2.21. The molecule has 10 nitrogen and oxygen atoms in total. The summed E-state index contributed by atoms with van der Waals surface area (Å²) in [6.45, 7) is 2.14. The Labute approximate surface area is 280 Å². The largest absolute Gasteiger partial charge is 0.497 e. The molecule has 0 bridgehead atoms. The van der Waals surface area contributed by atoms with Crippen LogP contribution in [-0.4, -0.2) is 54.0 Å². The van der Waals surface area contributed by atoms with Crippen molar-refractivity contribution in [2.45, 2.75) is 45.6 Å². The van der Waals surface area contributed by atoms with Crippen LogP contribution in [0, 0.1) is 0 Å². The van der Waals surface area contributed by atoms with E-state index >= 15 is 0 Å². The molecule has 2 N–H and O–H groups in total. The molecule has 0 aliphatic rings. The third kappa shape index (κ3) is 10.7. The first-order valence-electron chi connectivity index (χ1n) is 15.8. The number of carboxylic acids is 1. The highest BCUT2D eigenvalue weighted by Crippen LogP contribution is 2.23. The van der Waals surface area contributed by atoms with Gasteiger partial charge in [-0.15, -0.1) is 0 Å². The fourth-order valence-corrected chi connectivity index (χ4v) is 4.89. The highest BCUT2D eigenvalue weighted by atomic mass is 16.5. The number of nitrogens with zero attached hydrogens (tertiary/aromatic N) is 1. The molecule has 0 saturated heterocycles. The fourth-order valence-electron chi connectivity index (χ4n) is 4.89. The molecule has 250 valence electrons. The number of para-hydroxylation sites is 1. The first-order chi connectivity index (χ1) is 23.2. The number of ether oxygens (including phenoxy) is 3. The van der Waals surface area contributed by atoms with E-state index < -0.39 is 24.4 Å². The van der Waals surface area contributed by atoms with Gasteiger partial charge in [0.1, 0.15) is 29.4 Å². The number of methoxy groups -OCH3 is 1. The Morgan fingerprint density at radius 1 is 0.771 bits per heavy atom. The van der Waals surface area contributed by atoms with Gasteiger partial charge in [-0.05, 0) is 78.2 Å². The summed E-state index contributed by atoms with van der Waals surface area (Å²) in [5.41, 5.74) is 2.54. The van der Waals surface area contributed by atoms with Gasteiger partial charge in [-0.3, -0.25) is 14.4 Å². The molecule has 0 unspecified atom stereocenters. The quantitative estimate of drug-likeness (QED) is 0.0725. The Morgan fingerprint density at radius 3 is 2.10 bits per heavy atom. The van der Waals surface area contributed by atoms with Crippen LogP contribution in [0.25, 0.3) is 0 Å². The second-order valence-electron chi connectivity index (χ2n) is 11.1. The summed E-state index contributed by atoms with van der Waals surface area (Å²) < 4.78 is 16.6. The lowest BCUT2D eigenvalue weighted by atomic mass is 10.1. The first kappa shape index (κ1) is 35.2. The Kier molecular flexibility index (Phi) is 13.1. The van der Waals surface area contributed by atoms with Crippen molar-refractivity contribution in [3.63, 3.8) is 0 Å². The van der Waals surface area contributed by atoms with Gasteiger partial charge >= 0.3 is 11.9 Å². The van der Waals surface area contributed by atoms with Crippen molar-refractivity contribution in [2.75, 3.05) is 25.6 Å². The van der Waals surface area contributed by atoms with Gasteiger partial charge in [-0.25, -0.2) is 4.79 Å². The second kappa shape index (κ2) is 17.9. The molecule has 0 atom stereocenters. The molecule has 0 heterocycles. The average Bonchev–Trinajstić information content (AvgIpc) is 3.09. The summed E-state index contributed by atoms with van der Waals surface area (Å²) >= 11 is 0. The fraction of sp³-hybridized carbons (Fsp3) is 0.263. The topological polar surface area (TPSA) is 131 Å². The molecular weight excluding hydrogens is 612 g/mol. The van der Waals surface area contributed by atoms with Crippen molar-refractivity contribution in [1.82, 2.24) is 4.90 Å². The van der Waals surface area contributed by atoms with Crippen molar-refractivity contribution in [1.29, 1.82) is 0 Å². The Morgan fingerprint density at radius 2 is 1.44 bits per heavy atom. The van der Waals surface area contributed by atoms with E-state index in [0.29, 0.717) is 40.7 Å². The van der Waals surface area contributed by atoms with Crippen LogP contribution in [0.4, 0.5) is 5.69 Å². The zero-order chi connectivity index (χ0) is 34.3. The molecule has 0 aliphatic heterocycles. The molecule has 10 heteroatoms. The summed E-state index contributed by atoms with van der Waals surface area (Å²) in [6.07, 6.45) is 4.38. The van der Waals surface area contributed by atoms with Gasteiger partial charge in [0, 0.05) is 17.8 Å². The van der Waals surface area contributed by atoms with E-state index in [0.717, 1.165) is 31.2 Å². The Hall–Kier alpha value is -5.64. The number of hydrogen-bond acceptors (Lipinski definition) is 7. The number of rotatable bonds is 17. The van der Waals surface area contributed by atoms with Gasteiger partial charge in [0.15, 0.2) is 0 Å². The number of benzene rings is 4. The molecule has 0 aliphatic carbocycles. The van der Waals surface area contributed by atoms with Crippen LogP contribution in [-0.2, 0) is 22.6 Å². The average molecular weight is 653 g/mol. The summed E-state index contributed by atoms with van der Waals surface area (Å²) in [5.74, 6) is -0.987. The van der Waals surface area contributed by atoms with Crippen molar-refractivity contribution in [2.24, 2.45) is 0 Å². The SMILES string of the molecule is CCCCCCOc1ccccc1C(=O)Oc1ccc(CN(CC(=O)O)C(=O)c2ccc(NC(=O)Cc3ccc(OC)cc3)cc2)cc1. The predicted molar refractivity (Wildman–Crippen MR) is 182 cm³/mol.